The Balaban J connectivity index is 1.52. The Kier molecular flexibility index (Phi) is 8.15. The lowest BCUT2D eigenvalue weighted by Gasteiger charge is -2.27. The van der Waals surface area contributed by atoms with Crippen molar-refractivity contribution in [2.45, 2.75) is 64.7 Å². The van der Waals surface area contributed by atoms with Gasteiger partial charge in [-0.3, -0.25) is 0 Å². The maximum absolute atomic E-state index is 15.0. The number of rotatable bonds is 7. The predicted molar refractivity (Wildman–Crippen MR) is 133 cm³/mol. The molecule has 0 heterocycles. The summed E-state index contributed by atoms with van der Waals surface area (Å²) in [5, 5.41) is 0. The van der Waals surface area contributed by atoms with Crippen LogP contribution in [0.3, 0.4) is 0 Å². The van der Waals surface area contributed by atoms with Crippen molar-refractivity contribution >= 4 is 11.1 Å². The highest BCUT2D eigenvalue weighted by atomic mass is 19.2. The van der Waals surface area contributed by atoms with Crippen LogP contribution in [0.4, 0.5) is 17.6 Å². The van der Waals surface area contributed by atoms with Crippen molar-refractivity contribution in [3.8, 4) is 5.75 Å². The molecule has 2 aromatic rings. The van der Waals surface area contributed by atoms with Crippen LogP contribution in [0.5, 0.6) is 5.75 Å². The lowest BCUT2D eigenvalue weighted by atomic mass is 9.78. The second-order valence-corrected chi connectivity index (χ2v) is 9.62. The molecule has 0 atom stereocenters. The van der Waals surface area contributed by atoms with Gasteiger partial charge in [0.05, 0.1) is 6.61 Å². The maximum Gasteiger partial charge on any atom is 0.201 e. The molecule has 0 saturated heterocycles. The molecule has 186 valence electrons. The van der Waals surface area contributed by atoms with Crippen LogP contribution in [0, 0.1) is 29.2 Å². The van der Waals surface area contributed by atoms with Crippen LogP contribution in [-0.4, -0.2) is 6.61 Å². The standard InChI is InChI=1S/C30H32F4O/c1-3-4-5-18-35-26-17-16-25(29(33)30(26)34)22-12-10-21(11-13-22)24-15-14-23(27(31)28(24)32)20-8-6-19(2)7-9-20/h3-4,10,12,14-17,19-20H,5-9,11,13,18H2,1-2H3/b4-3-. The summed E-state index contributed by atoms with van der Waals surface area (Å²) in [5.74, 6) is -2.96. The number of allylic oxidation sites excluding steroid dienone is 5. The van der Waals surface area contributed by atoms with E-state index in [1.807, 2.05) is 19.1 Å². The van der Waals surface area contributed by atoms with Crippen LogP contribution in [0.25, 0.3) is 11.1 Å². The predicted octanol–water partition coefficient (Wildman–Crippen LogP) is 9.14. The zero-order valence-electron chi connectivity index (χ0n) is 20.4. The minimum atomic E-state index is -1.01. The van der Waals surface area contributed by atoms with E-state index in [0.29, 0.717) is 41.9 Å². The lowest BCUT2D eigenvalue weighted by Crippen LogP contribution is -2.13. The molecule has 1 saturated carbocycles. The molecule has 4 rings (SSSR count). The van der Waals surface area contributed by atoms with E-state index in [1.165, 1.54) is 12.1 Å². The van der Waals surface area contributed by atoms with Gasteiger partial charge in [-0.1, -0.05) is 56.2 Å². The Labute approximate surface area is 205 Å². The van der Waals surface area contributed by atoms with Crippen LogP contribution in [0.15, 0.2) is 48.6 Å². The van der Waals surface area contributed by atoms with Crippen molar-refractivity contribution < 1.29 is 22.3 Å². The van der Waals surface area contributed by atoms with Gasteiger partial charge < -0.3 is 4.74 Å². The smallest absolute Gasteiger partial charge is 0.201 e. The normalized spacial score (nSPS) is 20.6. The van der Waals surface area contributed by atoms with Crippen LogP contribution in [0.2, 0.25) is 0 Å². The van der Waals surface area contributed by atoms with E-state index in [-0.39, 0.29) is 29.4 Å². The first kappa shape index (κ1) is 25.3. The minimum absolute atomic E-state index is 0.0644. The molecule has 2 aliphatic rings. The third-order valence-corrected chi connectivity index (χ3v) is 7.23. The summed E-state index contributed by atoms with van der Waals surface area (Å²) in [5.41, 5.74) is 2.13. The third kappa shape index (κ3) is 5.55. The molecule has 0 N–H and O–H groups in total. The van der Waals surface area contributed by atoms with Crippen LogP contribution in [-0.2, 0) is 0 Å². The topological polar surface area (TPSA) is 9.23 Å². The van der Waals surface area contributed by atoms with Gasteiger partial charge in [-0.05, 0) is 79.7 Å². The Bertz CT molecular complexity index is 1150. The molecule has 0 bridgehead atoms. The van der Waals surface area contributed by atoms with E-state index in [9.17, 15) is 13.2 Å². The van der Waals surface area contributed by atoms with Gasteiger partial charge in [0.25, 0.3) is 0 Å². The largest absolute Gasteiger partial charge is 0.490 e. The number of hydrogen-bond donors (Lipinski definition) is 0. The SMILES string of the molecule is C/C=C\CCOc1ccc(C2=CC=C(c3ccc(C4CCC(C)CC4)c(F)c3F)CC2)c(F)c1F. The van der Waals surface area contributed by atoms with Gasteiger partial charge in [0.15, 0.2) is 23.2 Å². The van der Waals surface area contributed by atoms with E-state index in [1.54, 1.807) is 24.3 Å². The maximum atomic E-state index is 15.0. The molecule has 0 aromatic heterocycles. The van der Waals surface area contributed by atoms with Gasteiger partial charge in [0.1, 0.15) is 0 Å². The monoisotopic (exact) mass is 484 g/mol. The highest BCUT2D eigenvalue weighted by Crippen LogP contribution is 2.40. The summed E-state index contributed by atoms with van der Waals surface area (Å²) in [7, 11) is 0. The van der Waals surface area contributed by atoms with E-state index >= 15 is 4.39 Å². The Morgan fingerprint density at radius 3 is 2.00 bits per heavy atom. The van der Waals surface area contributed by atoms with Crippen molar-refractivity contribution in [3.63, 3.8) is 0 Å². The third-order valence-electron chi connectivity index (χ3n) is 7.23. The summed E-state index contributed by atoms with van der Waals surface area (Å²) < 4.78 is 64.7. The van der Waals surface area contributed by atoms with Crippen molar-refractivity contribution in [1.29, 1.82) is 0 Å². The summed E-state index contributed by atoms with van der Waals surface area (Å²) in [6.45, 7) is 4.34. The molecule has 5 heteroatoms. The molecule has 0 spiro atoms. The fraction of sp³-hybridized carbons (Fsp3) is 0.400. The summed E-state index contributed by atoms with van der Waals surface area (Å²) >= 11 is 0. The molecule has 1 nitrogen and oxygen atoms in total. The molecule has 0 radical (unpaired) electrons. The second kappa shape index (κ2) is 11.3. The van der Waals surface area contributed by atoms with Gasteiger partial charge in [0, 0.05) is 11.1 Å². The van der Waals surface area contributed by atoms with Crippen molar-refractivity contribution in [1.82, 2.24) is 0 Å². The lowest BCUT2D eigenvalue weighted by molar-refractivity contribution is 0.301. The molecule has 2 aliphatic carbocycles. The number of halogens is 4. The molecule has 0 unspecified atom stereocenters. The summed E-state index contributed by atoms with van der Waals surface area (Å²) in [6, 6.07) is 6.33. The summed E-state index contributed by atoms with van der Waals surface area (Å²) in [6.07, 6.45) is 12.3. The van der Waals surface area contributed by atoms with Crippen LogP contribution < -0.4 is 4.74 Å². The van der Waals surface area contributed by atoms with Crippen LogP contribution >= 0.6 is 0 Å². The molecule has 35 heavy (non-hydrogen) atoms. The average molecular weight is 485 g/mol. The van der Waals surface area contributed by atoms with E-state index < -0.39 is 23.3 Å². The van der Waals surface area contributed by atoms with Gasteiger partial charge in [-0.2, -0.15) is 4.39 Å². The Morgan fingerprint density at radius 1 is 0.800 bits per heavy atom. The van der Waals surface area contributed by atoms with Gasteiger partial charge >= 0.3 is 0 Å². The van der Waals surface area contributed by atoms with Crippen molar-refractivity contribution in [2.24, 2.45) is 5.92 Å². The molecular weight excluding hydrogens is 452 g/mol. The Morgan fingerprint density at radius 2 is 1.40 bits per heavy atom. The van der Waals surface area contributed by atoms with E-state index in [4.69, 9.17) is 4.74 Å². The van der Waals surface area contributed by atoms with E-state index in [0.717, 1.165) is 25.7 Å². The molecule has 1 fully saturated rings. The van der Waals surface area contributed by atoms with E-state index in [2.05, 4.69) is 6.92 Å². The highest BCUT2D eigenvalue weighted by molar-refractivity contribution is 5.78. The molecule has 0 aliphatic heterocycles. The second-order valence-electron chi connectivity index (χ2n) is 9.62. The fourth-order valence-electron chi connectivity index (χ4n) is 5.08. The van der Waals surface area contributed by atoms with Crippen molar-refractivity contribution in [3.05, 3.63) is 88.5 Å². The first-order valence-corrected chi connectivity index (χ1v) is 12.5. The fourth-order valence-corrected chi connectivity index (χ4v) is 5.08. The number of benzene rings is 2. The summed E-state index contributed by atoms with van der Waals surface area (Å²) in [4.78, 5) is 0. The first-order valence-electron chi connectivity index (χ1n) is 12.5. The van der Waals surface area contributed by atoms with Crippen LogP contribution in [0.1, 0.15) is 81.4 Å². The molecule has 0 amide bonds. The Hall–Kier alpha value is -2.82. The van der Waals surface area contributed by atoms with Gasteiger partial charge in [0.2, 0.25) is 5.82 Å². The highest BCUT2D eigenvalue weighted by Gasteiger charge is 2.26. The molecule has 2 aromatic carbocycles. The first-order chi connectivity index (χ1) is 16.9. The number of ether oxygens (including phenoxy) is 1. The number of hydrogen-bond acceptors (Lipinski definition) is 1. The molecular formula is C30H32F4O. The minimum Gasteiger partial charge on any atom is -0.490 e. The van der Waals surface area contributed by atoms with Crippen molar-refractivity contribution in [2.75, 3.05) is 6.61 Å². The van der Waals surface area contributed by atoms with Gasteiger partial charge in [-0.25, -0.2) is 13.2 Å². The van der Waals surface area contributed by atoms with Gasteiger partial charge in [-0.15, -0.1) is 0 Å². The quantitative estimate of drug-likeness (QED) is 0.216. The zero-order chi connectivity index (χ0) is 24.9. The zero-order valence-corrected chi connectivity index (χ0v) is 20.4. The average Bonchev–Trinajstić information content (AvgIpc) is 2.87.